The maximum atomic E-state index is 14.2. The van der Waals surface area contributed by atoms with Crippen LogP contribution in [0.3, 0.4) is 0 Å². The molecule has 0 aliphatic heterocycles. The van der Waals surface area contributed by atoms with E-state index in [9.17, 15) is 29.0 Å². The summed E-state index contributed by atoms with van der Waals surface area (Å²) in [5.41, 5.74) is 2.87. The summed E-state index contributed by atoms with van der Waals surface area (Å²) in [5.74, 6) is -4.36. The fourth-order valence-corrected chi connectivity index (χ4v) is 4.09. The second-order valence-corrected chi connectivity index (χ2v) is 6.38. The van der Waals surface area contributed by atoms with E-state index in [1.807, 2.05) is 27.6 Å². The number of hydrogen-bond acceptors (Lipinski definition) is 4. The van der Waals surface area contributed by atoms with Gasteiger partial charge in [0, 0.05) is 20.0 Å². The topological polar surface area (TPSA) is 133 Å². The number of alkyl halides is 1. The summed E-state index contributed by atoms with van der Waals surface area (Å²) in [6.45, 7) is 0. The van der Waals surface area contributed by atoms with Crippen molar-refractivity contribution >= 4 is 56.3 Å². The van der Waals surface area contributed by atoms with Crippen molar-refractivity contribution in [2.45, 2.75) is 5.33 Å². The van der Waals surface area contributed by atoms with Crippen molar-refractivity contribution in [2.75, 3.05) is 5.73 Å². The van der Waals surface area contributed by atoms with Crippen molar-refractivity contribution in [1.82, 2.24) is 4.98 Å². The van der Waals surface area contributed by atoms with Crippen LogP contribution in [-0.2, 0) is 5.33 Å². The largest absolute Gasteiger partial charge is 0.478 e. The minimum absolute atomic E-state index is 0.0609. The van der Waals surface area contributed by atoms with Gasteiger partial charge in [0.1, 0.15) is 22.8 Å². The number of aromatic carboxylic acids is 2. The molecule has 0 spiro atoms. The van der Waals surface area contributed by atoms with Crippen LogP contribution in [0.5, 0.6) is 0 Å². The Hall–Kier alpha value is -1.95. The molecule has 0 bridgehead atoms. The van der Waals surface area contributed by atoms with Crippen molar-refractivity contribution in [2.24, 2.45) is 0 Å². The SMILES string of the molecule is Nc1[nH]c(=O)c(C(=O)O)c(-c2cc(F)c(CBr)c(I)c2)c1C(=O)O. The number of carbonyl (C=O) groups is 2. The molecule has 0 aliphatic carbocycles. The highest BCUT2D eigenvalue weighted by Gasteiger charge is 2.27. The molecule has 2 rings (SSSR count). The van der Waals surface area contributed by atoms with Gasteiger partial charge in [0.25, 0.3) is 5.56 Å². The van der Waals surface area contributed by atoms with Crippen molar-refractivity contribution in [1.29, 1.82) is 0 Å². The summed E-state index contributed by atoms with van der Waals surface area (Å²) in [5, 5.41) is 18.8. The summed E-state index contributed by atoms with van der Waals surface area (Å²) in [4.78, 5) is 36.9. The number of halogens is 3. The maximum Gasteiger partial charge on any atom is 0.342 e. The van der Waals surface area contributed by atoms with Gasteiger partial charge in [-0.3, -0.25) is 4.79 Å². The van der Waals surface area contributed by atoms with E-state index in [1.165, 1.54) is 6.07 Å². The molecule has 0 saturated heterocycles. The number of benzene rings is 1. The Morgan fingerprint density at radius 3 is 2.29 bits per heavy atom. The number of aromatic nitrogens is 1. The predicted molar refractivity (Wildman–Crippen MR) is 96.1 cm³/mol. The van der Waals surface area contributed by atoms with Gasteiger partial charge in [0.05, 0.1) is 0 Å². The van der Waals surface area contributed by atoms with Gasteiger partial charge in [0.15, 0.2) is 0 Å². The van der Waals surface area contributed by atoms with Crippen molar-refractivity contribution in [3.05, 3.63) is 48.6 Å². The quantitative estimate of drug-likeness (QED) is 0.369. The second kappa shape index (κ2) is 6.89. The van der Waals surface area contributed by atoms with E-state index in [0.717, 1.165) is 6.07 Å². The second-order valence-electron chi connectivity index (χ2n) is 4.66. The summed E-state index contributed by atoms with van der Waals surface area (Å²) < 4.78 is 14.7. The van der Waals surface area contributed by atoms with E-state index < -0.39 is 45.8 Å². The number of nitrogens with one attached hydrogen (secondary N) is 1. The lowest BCUT2D eigenvalue weighted by Crippen LogP contribution is -2.24. The molecule has 0 radical (unpaired) electrons. The van der Waals surface area contributed by atoms with Gasteiger partial charge >= 0.3 is 11.9 Å². The molecule has 5 N–H and O–H groups in total. The number of carboxylic acids is 2. The number of H-pyrrole nitrogens is 1. The van der Waals surface area contributed by atoms with Gasteiger partial charge in [0.2, 0.25) is 0 Å². The Balaban J connectivity index is 3.00. The molecule has 7 nitrogen and oxygen atoms in total. The molecule has 0 atom stereocenters. The minimum atomic E-state index is -1.64. The molecule has 0 unspecified atom stereocenters. The van der Waals surface area contributed by atoms with E-state index in [4.69, 9.17) is 5.73 Å². The van der Waals surface area contributed by atoms with E-state index in [2.05, 4.69) is 15.9 Å². The zero-order chi connectivity index (χ0) is 18.2. The van der Waals surface area contributed by atoms with Gasteiger partial charge < -0.3 is 20.9 Å². The number of nitrogen functional groups attached to an aromatic ring is 1. The first-order chi connectivity index (χ1) is 11.2. The number of aromatic amines is 1. The summed E-state index contributed by atoms with van der Waals surface area (Å²) in [6.07, 6.45) is 0. The van der Waals surface area contributed by atoms with E-state index in [0.29, 0.717) is 9.13 Å². The van der Waals surface area contributed by atoms with E-state index in [-0.39, 0.29) is 10.9 Å². The molecule has 1 aromatic heterocycles. The monoisotopic (exact) mass is 510 g/mol. The molecule has 1 aromatic carbocycles. The van der Waals surface area contributed by atoms with Crippen LogP contribution in [0.4, 0.5) is 10.2 Å². The maximum absolute atomic E-state index is 14.2. The standard InChI is InChI=1S/C14H9BrFIN2O5/c15-3-5-6(16)1-4(2-7(5)17)8-9(13(21)22)11(18)19-12(20)10(8)14(23)24/h1-2H,3H2,(H,21,22)(H,23,24)(H3,18,19,20). The van der Waals surface area contributed by atoms with Crippen LogP contribution in [0.1, 0.15) is 26.3 Å². The van der Waals surface area contributed by atoms with E-state index in [1.54, 1.807) is 0 Å². The van der Waals surface area contributed by atoms with Crippen LogP contribution in [0.2, 0.25) is 0 Å². The first-order valence-electron chi connectivity index (χ1n) is 6.25. The number of carboxylic acid groups (broad SMARTS) is 2. The fourth-order valence-electron chi connectivity index (χ4n) is 2.21. The summed E-state index contributed by atoms with van der Waals surface area (Å²) in [7, 11) is 0. The van der Waals surface area contributed by atoms with Crippen molar-refractivity contribution in [3.63, 3.8) is 0 Å². The number of nitrogens with two attached hydrogens (primary N) is 1. The number of rotatable bonds is 4. The summed E-state index contributed by atoms with van der Waals surface area (Å²) in [6, 6.07) is 2.37. The summed E-state index contributed by atoms with van der Waals surface area (Å²) >= 11 is 4.96. The third-order valence-electron chi connectivity index (χ3n) is 3.24. The van der Waals surface area contributed by atoms with Crippen LogP contribution in [0.15, 0.2) is 16.9 Å². The third-order valence-corrected chi connectivity index (χ3v) is 4.76. The molecule has 1 heterocycles. The zero-order valence-corrected chi connectivity index (χ0v) is 15.4. The van der Waals surface area contributed by atoms with Crippen LogP contribution >= 0.6 is 38.5 Å². The molecule has 0 amide bonds. The highest BCUT2D eigenvalue weighted by Crippen LogP contribution is 2.32. The molecule has 0 aliphatic rings. The van der Waals surface area contributed by atoms with Gasteiger partial charge in [-0.25, -0.2) is 14.0 Å². The molecule has 0 saturated carbocycles. The van der Waals surface area contributed by atoms with Crippen LogP contribution < -0.4 is 11.3 Å². The normalized spacial score (nSPS) is 10.6. The lowest BCUT2D eigenvalue weighted by Gasteiger charge is -2.14. The Morgan fingerprint density at radius 1 is 1.25 bits per heavy atom. The van der Waals surface area contributed by atoms with Crippen molar-refractivity contribution < 1.29 is 24.2 Å². The van der Waals surface area contributed by atoms with Gasteiger partial charge in [-0.05, 0) is 40.3 Å². The first-order valence-corrected chi connectivity index (χ1v) is 8.45. The van der Waals surface area contributed by atoms with Crippen LogP contribution in [0, 0.1) is 9.39 Å². The Labute approximate surface area is 156 Å². The lowest BCUT2D eigenvalue weighted by atomic mass is 9.94. The molecular weight excluding hydrogens is 502 g/mol. The smallest absolute Gasteiger partial charge is 0.342 e. The van der Waals surface area contributed by atoms with Gasteiger partial charge in [-0.15, -0.1) is 0 Å². The molecule has 10 heteroatoms. The lowest BCUT2D eigenvalue weighted by molar-refractivity contribution is 0.0695. The van der Waals surface area contributed by atoms with Gasteiger partial charge in [-0.1, -0.05) is 15.9 Å². The minimum Gasteiger partial charge on any atom is -0.478 e. The Kier molecular flexibility index (Phi) is 5.28. The highest BCUT2D eigenvalue weighted by atomic mass is 127. The first kappa shape index (κ1) is 18.4. The Bertz CT molecular complexity index is 905. The molecule has 24 heavy (non-hydrogen) atoms. The third kappa shape index (κ3) is 3.15. The molecule has 0 fully saturated rings. The highest BCUT2D eigenvalue weighted by molar-refractivity contribution is 14.1. The van der Waals surface area contributed by atoms with E-state index >= 15 is 0 Å². The zero-order valence-electron chi connectivity index (χ0n) is 11.7. The van der Waals surface area contributed by atoms with Gasteiger partial charge in [-0.2, -0.15) is 0 Å². The average molecular weight is 511 g/mol. The predicted octanol–water partition coefficient (Wildman–Crippen LogP) is 2.66. The average Bonchev–Trinajstić information content (AvgIpc) is 2.44. The van der Waals surface area contributed by atoms with Crippen molar-refractivity contribution in [3.8, 4) is 11.1 Å². The molecular formula is C14H9BrFIN2O5. The fraction of sp³-hybridized carbons (Fsp3) is 0.0714. The van der Waals surface area contributed by atoms with Crippen LogP contribution in [-0.4, -0.2) is 27.1 Å². The van der Waals surface area contributed by atoms with Crippen LogP contribution in [0.25, 0.3) is 11.1 Å². The number of anilines is 1. The molecule has 2 aromatic rings. The Morgan fingerprint density at radius 2 is 1.83 bits per heavy atom. The number of hydrogen-bond donors (Lipinski definition) is 4. The number of pyridine rings is 1. The molecule has 126 valence electrons.